The average molecular weight is 267 g/mol. The maximum Gasteiger partial charge on any atom is 0.164 e. The van der Waals surface area contributed by atoms with E-state index >= 15 is 0 Å². The van der Waals surface area contributed by atoms with Gasteiger partial charge in [-0.1, -0.05) is 18.0 Å². The van der Waals surface area contributed by atoms with E-state index in [0.29, 0.717) is 28.8 Å². The first-order valence-corrected chi connectivity index (χ1v) is 6.99. The van der Waals surface area contributed by atoms with Crippen molar-refractivity contribution in [1.82, 2.24) is 0 Å². The van der Waals surface area contributed by atoms with Crippen molar-refractivity contribution in [2.75, 3.05) is 0 Å². The van der Waals surface area contributed by atoms with E-state index < -0.39 is 5.82 Å². The van der Waals surface area contributed by atoms with Crippen LogP contribution in [0.2, 0.25) is 5.02 Å². The van der Waals surface area contributed by atoms with Gasteiger partial charge in [-0.2, -0.15) is 0 Å². The van der Waals surface area contributed by atoms with Crippen LogP contribution in [0, 0.1) is 23.6 Å². The van der Waals surface area contributed by atoms with Gasteiger partial charge in [0.05, 0.1) is 5.02 Å². The summed E-state index contributed by atoms with van der Waals surface area (Å²) in [4.78, 5) is 12.2. The SMILES string of the molecule is O=C(CC1CC2CCC1C2)c1cc(F)ccc1Cl. The van der Waals surface area contributed by atoms with Crippen molar-refractivity contribution < 1.29 is 9.18 Å². The molecule has 3 rings (SSSR count). The summed E-state index contributed by atoms with van der Waals surface area (Å²) in [7, 11) is 0. The lowest BCUT2D eigenvalue weighted by atomic mass is 9.84. The first-order chi connectivity index (χ1) is 8.63. The lowest BCUT2D eigenvalue weighted by Crippen LogP contribution is -2.15. The highest BCUT2D eigenvalue weighted by Gasteiger charge is 2.40. The van der Waals surface area contributed by atoms with Crippen LogP contribution >= 0.6 is 11.6 Å². The minimum Gasteiger partial charge on any atom is -0.294 e. The largest absolute Gasteiger partial charge is 0.294 e. The summed E-state index contributed by atoms with van der Waals surface area (Å²) < 4.78 is 13.2. The summed E-state index contributed by atoms with van der Waals surface area (Å²) >= 11 is 5.97. The van der Waals surface area contributed by atoms with Crippen LogP contribution in [0.5, 0.6) is 0 Å². The third-order valence-corrected chi connectivity index (χ3v) is 4.89. The van der Waals surface area contributed by atoms with E-state index in [4.69, 9.17) is 11.6 Å². The zero-order valence-corrected chi connectivity index (χ0v) is 10.9. The number of halogens is 2. The molecule has 96 valence electrons. The Kier molecular flexibility index (Phi) is 3.14. The fraction of sp³-hybridized carbons (Fsp3) is 0.533. The standard InChI is InChI=1S/C15H16ClFO/c16-14-4-3-12(17)8-13(14)15(18)7-11-6-9-1-2-10(11)5-9/h3-4,8-11H,1-2,5-7H2. The van der Waals surface area contributed by atoms with Crippen LogP contribution < -0.4 is 0 Å². The molecule has 1 aromatic carbocycles. The molecule has 18 heavy (non-hydrogen) atoms. The van der Waals surface area contributed by atoms with Gasteiger partial charge in [-0.25, -0.2) is 4.39 Å². The molecule has 3 atom stereocenters. The van der Waals surface area contributed by atoms with Crippen LogP contribution in [0.3, 0.4) is 0 Å². The van der Waals surface area contributed by atoms with E-state index in [-0.39, 0.29) is 5.78 Å². The number of rotatable bonds is 3. The second-order valence-corrected chi connectivity index (χ2v) is 6.09. The van der Waals surface area contributed by atoms with Gasteiger partial charge in [0.1, 0.15) is 5.82 Å². The highest BCUT2D eigenvalue weighted by molar-refractivity contribution is 6.33. The normalized spacial score (nSPS) is 29.8. The monoisotopic (exact) mass is 266 g/mol. The third-order valence-electron chi connectivity index (χ3n) is 4.56. The van der Waals surface area contributed by atoms with E-state index in [2.05, 4.69) is 0 Å². The lowest BCUT2D eigenvalue weighted by Gasteiger charge is -2.20. The zero-order chi connectivity index (χ0) is 12.7. The topological polar surface area (TPSA) is 17.1 Å². The summed E-state index contributed by atoms with van der Waals surface area (Å²) in [6.07, 6.45) is 5.58. The van der Waals surface area contributed by atoms with Crippen molar-refractivity contribution in [3.63, 3.8) is 0 Å². The van der Waals surface area contributed by atoms with Crippen LogP contribution in [-0.4, -0.2) is 5.78 Å². The summed E-state index contributed by atoms with van der Waals surface area (Å²) in [5.74, 6) is 1.64. The first-order valence-electron chi connectivity index (χ1n) is 6.61. The quantitative estimate of drug-likeness (QED) is 0.737. The van der Waals surface area contributed by atoms with Gasteiger partial charge in [0.25, 0.3) is 0 Å². The number of fused-ring (bicyclic) bond motifs is 2. The Hall–Kier alpha value is -0.890. The van der Waals surface area contributed by atoms with Crippen LogP contribution in [0.15, 0.2) is 18.2 Å². The number of Topliss-reactive ketones (excluding diaryl/α,β-unsaturated/α-hetero) is 1. The Labute approximate surface area is 111 Å². The number of benzene rings is 1. The Morgan fingerprint density at radius 1 is 1.33 bits per heavy atom. The molecule has 2 saturated carbocycles. The van der Waals surface area contributed by atoms with E-state index in [0.717, 1.165) is 5.92 Å². The molecule has 0 aromatic heterocycles. The van der Waals surface area contributed by atoms with Gasteiger partial charge >= 0.3 is 0 Å². The van der Waals surface area contributed by atoms with Crippen molar-refractivity contribution >= 4 is 17.4 Å². The summed E-state index contributed by atoms with van der Waals surface area (Å²) in [6.45, 7) is 0. The molecule has 0 amide bonds. The fourth-order valence-electron chi connectivity index (χ4n) is 3.69. The predicted octanol–water partition coefficient (Wildman–Crippen LogP) is 4.49. The number of carbonyl (C=O) groups is 1. The van der Waals surface area contributed by atoms with Gasteiger partial charge in [0.15, 0.2) is 5.78 Å². The maximum atomic E-state index is 13.2. The number of hydrogen-bond acceptors (Lipinski definition) is 1. The van der Waals surface area contributed by atoms with Crippen LogP contribution in [0.25, 0.3) is 0 Å². The summed E-state index contributed by atoms with van der Waals surface area (Å²) in [5.41, 5.74) is 0.347. The Balaban J connectivity index is 1.73. The molecule has 3 heteroatoms. The van der Waals surface area contributed by atoms with E-state index in [1.807, 2.05) is 0 Å². The maximum absolute atomic E-state index is 13.2. The molecule has 2 aliphatic rings. The molecular weight excluding hydrogens is 251 g/mol. The summed E-state index contributed by atoms with van der Waals surface area (Å²) in [5, 5.41) is 0.365. The van der Waals surface area contributed by atoms with E-state index in [9.17, 15) is 9.18 Å². The van der Waals surface area contributed by atoms with E-state index in [1.165, 1.54) is 43.9 Å². The number of hydrogen-bond donors (Lipinski definition) is 0. The Morgan fingerprint density at radius 3 is 2.83 bits per heavy atom. The van der Waals surface area contributed by atoms with Crippen molar-refractivity contribution in [3.8, 4) is 0 Å². The average Bonchev–Trinajstić information content (AvgIpc) is 2.94. The van der Waals surface area contributed by atoms with Crippen LogP contribution in [0.1, 0.15) is 42.5 Å². The first kappa shape index (κ1) is 12.2. The van der Waals surface area contributed by atoms with Crippen molar-refractivity contribution in [1.29, 1.82) is 0 Å². The van der Waals surface area contributed by atoms with Gasteiger partial charge < -0.3 is 0 Å². The van der Waals surface area contributed by atoms with Gasteiger partial charge in [0.2, 0.25) is 0 Å². The second kappa shape index (κ2) is 4.65. The fourth-order valence-corrected chi connectivity index (χ4v) is 3.91. The molecule has 0 radical (unpaired) electrons. The van der Waals surface area contributed by atoms with Crippen LogP contribution in [-0.2, 0) is 0 Å². The predicted molar refractivity (Wildman–Crippen MR) is 69.3 cm³/mol. The lowest BCUT2D eigenvalue weighted by molar-refractivity contribution is 0.0944. The minimum atomic E-state index is -0.393. The molecule has 3 unspecified atom stereocenters. The minimum absolute atomic E-state index is 0.00273. The third kappa shape index (κ3) is 2.18. The smallest absolute Gasteiger partial charge is 0.164 e. The van der Waals surface area contributed by atoms with Gasteiger partial charge in [-0.05, 0) is 55.2 Å². The Morgan fingerprint density at radius 2 is 2.17 bits per heavy atom. The highest BCUT2D eigenvalue weighted by atomic mass is 35.5. The van der Waals surface area contributed by atoms with Crippen molar-refractivity contribution in [2.45, 2.75) is 32.1 Å². The van der Waals surface area contributed by atoms with E-state index in [1.54, 1.807) is 0 Å². The van der Waals surface area contributed by atoms with Crippen molar-refractivity contribution in [3.05, 3.63) is 34.6 Å². The molecule has 0 N–H and O–H groups in total. The van der Waals surface area contributed by atoms with Gasteiger partial charge in [-0.3, -0.25) is 4.79 Å². The van der Waals surface area contributed by atoms with Crippen molar-refractivity contribution in [2.24, 2.45) is 17.8 Å². The van der Waals surface area contributed by atoms with Crippen LogP contribution in [0.4, 0.5) is 4.39 Å². The number of ketones is 1. The molecule has 0 heterocycles. The molecule has 1 aromatic rings. The molecule has 2 bridgehead atoms. The molecule has 0 aliphatic heterocycles. The van der Waals surface area contributed by atoms with Gasteiger partial charge in [0, 0.05) is 12.0 Å². The number of carbonyl (C=O) groups excluding carboxylic acids is 1. The molecule has 2 aliphatic carbocycles. The highest BCUT2D eigenvalue weighted by Crippen LogP contribution is 2.49. The molecule has 0 spiro atoms. The molecular formula is C15H16ClFO. The molecule has 0 saturated heterocycles. The Bertz CT molecular complexity index is 485. The summed E-state index contributed by atoms with van der Waals surface area (Å²) in [6, 6.07) is 4.01. The van der Waals surface area contributed by atoms with Gasteiger partial charge in [-0.15, -0.1) is 0 Å². The zero-order valence-electron chi connectivity index (χ0n) is 10.2. The molecule has 2 fully saturated rings. The second-order valence-electron chi connectivity index (χ2n) is 5.69. The molecule has 1 nitrogen and oxygen atoms in total.